The molecule has 2 rings (SSSR count). The van der Waals surface area contributed by atoms with E-state index in [2.05, 4.69) is 10.3 Å². The fourth-order valence-corrected chi connectivity index (χ4v) is 1.95. The van der Waals surface area contributed by atoms with E-state index in [9.17, 15) is 0 Å². The number of anilines is 3. The summed E-state index contributed by atoms with van der Waals surface area (Å²) in [5.41, 5.74) is 8.82. The number of aromatic nitrogens is 1. The van der Waals surface area contributed by atoms with E-state index in [1.807, 2.05) is 19.9 Å². The van der Waals surface area contributed by atoms with Gasteiger partial charge in [0.25, 0.3) is 0 Å². The summed E-state index contributed by atoms with van der Waals surface area (Å²) in [5.74, 6) is 0.684. The zero-order chi connectivity index (χ0) is 13.3. The zero-order valence-electron chi connectivity index (χ0n) is 10.1. The number of nitrogens with one attached hydrogen (secondary N) is 1. The second-order valence-electron chi connectivity index (χ2n) is 4.08. The lowest BCUT2D eigenvalue weighted by Crippen LogP contribution is -1.99. The summed E-state index contributed by atoms with van der Waals surface area (Å²) in [4.78, 5) is 4.32. The molecule has 3 N–H and O–H groups in total. The highest BCUT2D eigenvalue weighted by molar-refractivity contribution is 6.35. The normalized spacial score (nSPS) is 10.4. The number of pyridine rings is 1. The molecule has 0 saturated carbocycles. The monoisotopic (exact) mass is 281 g/mol. The second-order valence-corrected chi connectivity index (χ2v) is 4.89. The van der Waals surface area contributed by atoms with Gasteiger partial charge in [-0.15, -0.1) is 0 Å². The third-order valence-electron chi connectivity index (χ3n) is 2.64. The fourth-order valence-electron chi connectivity index (χ4n) is 1.52. The summed E-state index contributed by atoms with van der Waals surface area (Å²) < 4.78 is 0. The highest BCUT2D eigenvalue weighted by Gasteiger charge is 2.06. The molecule has 0 fully saturated rings. The number of nitrogen functional groups attached to an aromatic ring is 1. The van der Waals surface area contributed by atoms with E-state index in [-0.39, 0.29) is 0 Å². The molecule has 0 amide bonds. The first kappa shape index (κ1) is 13.0. The van der Waals surface area contributed by atoms with Gasteiger partial charge in [0.1, 0.15) is 5.82 Å². The minimum Gasteiger partial charge on any atom is -0.397 e. The highest BCUT2D eigenvalue weighted by Crippen LogP contribution is 2.30. The summed E-state index contributed by atoms with van der Waals surface area (Å²) >= 11 is 12.2. The van der Waals surface area contributed by atoms with Crippen LogP contribution in [-0.2, 0) is 0 Å². The van der Waals surface area contributed by atoms with Crippen LogP contribution in [-0.4, -0.2) is 4.98 Å². The Balaban J connectivity index is 2.34. The molecule has 0 aliphatic carbocycles. The average molecular weight is 282 g/mol. The quantitative estimate of drug-likeness (QED) is 0.861. The van der Waals surface area contributed by atoms with Crippen molar-refractivity contribution in [2.75, 3.05) is 11.1 Å². The first-order valence-electron chi connectivity index (χ1n) is 5.43. The first-order chi connectivity index (χ1) is 8.47. The Hall–Kier alpha value is -1.45. The summed E-state index contributed by atoms with van der Waals surface area (Å²) in [6.45, 7) is 3.76. The third-order valence-corrected chi connectivity index (χ3v) is 3.36. The summed E-state index contributed by atoms with van der Waals surface area (Å²) in [7, 11) is 0. The van der Waals surface area contributed by atoms with Crippen LogP contribution < -0.4 is 11.1 Å². The molecule has 18 heavy (non-hydrogen) atoms. The van der Waals surface area contributed by atoms with E-state index in [0.717, 1.165) is 16.9 Å². The van der Waals surface area contributed by atoms with Gasteiger partial charge in [-0.1, -0.05) is 23.2 Å². The zero-order valence-corrected chi connectivity index (χ0v) is 11.6. The Morgan fingerprint density at radius 1 is 1.11 bits per heavy atom. The van der Waals surface area contributed by atoms with E-state index in [1.54, 1.807) is 18.2 Å². The van der Waals surface area contributed by atoms with Crippen molar-refractivity contribution in [1.82, 2.24) is 4.98 Å². The van der Waals surface area contributed by atoms with Crippen molar-refractivity contribution in [3.8, 4) is 0 Å². The first-order valence-corrected chi connectivity index (χ1v) is 6.19. The Labute approximate surface area is 116 Å². The van der Waals surface area contributed by atoms with Gasteiger partial charge < -0.3 is 11.1 Å². The molecule has 0 radical (unpaired) electrons. The van der Waals surface area contributed by atoms with Crippen molar-refractivity contribution in [2.24, 2.45) is 0 Å². The van der Waals surface area contributed by atoms with Crippen LogP contribution in [0.4, 0.5) is 17.2 Å². The Morgan fingerprint density at radius 2 is 1.83 bits per heavy atom. The largest absolute Gasteiger partial charge is 0.397 e. The summed E-state index contributed by atoms with van der Waals surface area (Å²) in [6.07, 6.45) is 0. The number of aryl methyl sites for hydroxylation is 2. The van der Waals surface area contributed by atoms with Crippen molar-refractivity contribution in [3.05, 3.63) is 45.6 Å². The minimum atomic E-state index is 0.605. The standard InChI is InChI=1S/C13H13Cl2N3/c1-7-5-10(15)12(6-9(7)14)18-13-4-3-11(16)8(2)17-13/h3-6H,16H2,1-2H3,(H,17,18). The molecule has 0 saturated heterocycles. The van der Waals surface area contributed by atoms with Gasteiger partial charge in [0, 0.05) is 5.02 Å². The van der Waals surface area contributed by atoms with Crippen molar-refractivity contribution >= 4 is 40.4 Å². The van der Waals surface area contributed by atoms with E-state index in [0.29, 0.717) is 21.6 Å². The molecule has 0 atom stereocenters. The predicted molar refractivity (Wildman–Crippen MR) is 77.9 cm³/mol. The third kappa shape index (κ3) is 2.68. The molecule has 2 aromatic rings. The molecule has 94 valence electrons. The molecule has 0 aliphatic rings. The van der Waals surface area contributed by atoms with Crippen LogP contribution in [0.5, 0.6) is 0 Å². The van der Waals surface area contributed by atoms with Gasteiger partial charge >= 0.3 is 0 Å². The van der Waals surface area contributed by atoms with E-state index >= 15 is 0 Å². The van der Waals surface area contributed by atoms with Crippen molar-refractivity contribution in [2.45, 2.75) is 13.8 Å². The predicted octanol–water partition coefficient (Wildman–Crippen LogP) is 4.33. The number of halogens is 2. The fraction of sp³-hybridized carbons (Fsp3) is 0.154. The van der Waals surface area contributed by atoms with Gasteiger partial charge in [0.05, 0.1) is 22.1 Å². The van der Waals surface area contributed by atoms with Gasteiger partial charge in [-0.3, -0.25) is 0 Å². The van der Waals surface area contributed by atoms with Gasteiger partial charge in [-0.25, -0.2) is 4.98 Å². The maximum Gasteiger partial charge on any atom is 0.130 e. The molecule has 1 aromatic carbocycles. The Bertz CT molecular complexity index is 597. The summed E-state index contributed by atoms with van der Waals surface area (Å²) in [6, 6.07) is 7.20. The molecule has 5 heteroatoms. The number of hydrogen-bond acceptors (Lipinski definition) is 3. The highest BCUT2D eigenvalue weighted by atomic mass is 35.5. The molecule has 0 spiro atoms. The maximum atomic E-state index is 6.15. The van der Waals surface area contributed by atoms with Gasteiger partial charge in [-0.05, 0) is 43.7 Å². The van der Waals surface area contributed by atoms with E-state index in [1.165, 1.54) is 0 Å². The average Bonchev–Trinajstić information content (AvgIpc) is 2.31. The second kappa shape index (κ2) is 5.04. The Morgan fingerprint density at radius 3 is 2.50 bits per heavy atom. The lowest BCUT2D eigenvalue weighted by molar-refractivity contribution is 1.20. The van der Waals surface area contributed by atoms with Crippen LogP contribution in [0.3, 0.4) is 0 Å². The molecule has 3 nitrogen and oxygen atoms in total. The molecule has 1 heterocycles. The molecule has 0 unspecified atom stereocenters. The smallest absolute Gasteiger partial charge is 0.130 e. The SMILES string of the molecule is Cc1cc(Cl)c(Nc2ccc(N)c(C)n2)cc1Cl. The van der Waals surface area contributed by atoms with Gasteiger partial charge in [0.2, 0.25) is 0 Å². The molecule has 0 aliphatic heterocycles. The van der Waals surface area contributed by atoms with E-state index < -0.39 is 0 Å². The van der Waals surface area contributed by atoms with Crippen molar-refractivity contribution < 1.29 is 0 Å². The van der Waals surface area contributed by atoms with Crippen LogP contribution >= 0.6 is 23.2 Å². The number of benzene rings is 1. The maximum absolute atomic E-state index is 6.15. The number of nitrogens with two attached hydrogens (primary N) is 1. The molecule has 1 aromatic heterocycles. The van der Waals surface area contributed by atoms with Crippen LogP contribution in [0.1, 0.15) is 11.3 Å². The topological polar surface area (TPSA) is 50.9 Å². The van der Waals surface area contributed by atoms with Crippen LogP contribution in [0, 0.1) is 13.8 Å². The number of nitrogens with zero attached hydrogens (tertiary/aromatic N) is 1. The Kier molecular flexibility index (Phi) is 3.64. The molecular weight excluding hydrogens is 269 g/mol. The number of hydrogen-bond donors (Lipinski definition) is 2. The van der Waals surface area contributed by atoms with Crippen molar-refractivity contribution in [3.63, 3.8) is 0 Å². The summed E-state index contributed by atoms with van der Waals surface area (Å²) in [5, 5.41) is 4.39. The minimum absolute atomic E-state index is 0.605. The number of rotatable bonds is 2. The van der Waals surface area contributed by atoms with Gasteiger partial charge in [-0.2, -0.15) is 0 Å². The molecule has 0 bridgehead atoms. The van der Waals surface area contributed by atoms with E-state index in [4.69, 9.17) is 28.9 Å². The van der Waals surface area contributed by atoms with Crippen LogP contribution in [0.25, 0.3) is 0 Å². The lowest BCUT2D eigenvalue weighted by Gasteiger charge is -2.10. The van der Waals surface area contributed by atoms with Crippen LogP contribution in [0.2, 0.25) is 10.0 Å². The lowest BCUT2D eigenvalue weighted by atomic mass is 10.2. The molecular formula is C13H13Cl2N3. The van der Waals surface area contributed by atoms with Crippen LogP contribution in [0.15, 0.2) is 24.3 Å². The van der Waals surface area contributed by atoms with Crippen molar-refractivity contribution in [1.29, 1.82) is 0 Å². The van der Waals surface area contributed by atoms with Gasteiger partial charge in [0.15, 0.2) is 0 Å².